The second-order valence-electron chi connectivity index (χ2n) is 3.73. The monoisotopic (exact) mass is 212 g/mol. The van der Waals surface area contributed by atoms with E-state index in [-0.39, 0.29) is 0 Å². The van der Waals surface area contributed by atoms with Crippen LogP contribution in [0.5, 0.6) is 0 Å². The topological polar surface area (TPSA) is 35.5 Å². The number of aliphatic hydroxyl groups is 1. The standard InChI is InChI=1S/C12H24N2O/c1-4-5-6-7-9-12(15)13-10-8-11-14(2)3/h5-6,8,11-13,15H,4,7,9-10H2,1-3H3/b6-5+,11-8+. The van der Waals surface area contributed by atoms with Crippen molar-refractivity contribution < 1.29 is 5.11 Å². The van der Waals surface area contributed by atoms with Crippen molar-refractivity contribution >= 4 is 0 Å². The van der Waals surface area contributed by atoms with Crippen molar-refractivity contribution in [2.24, 2.45) is 0 Å². The van der Waals surface area contributed by atoms with Gasteiger partial charge in [0.2, 0.25) is 0 Å². The number of nitrogens with one attached hydrogen (secondary N) is 1. The summed E-state index contributed by atoms with van der Waals surface area (Å²) < 4.78 is 0. The first-order valence-corrected chi connectivity index (χ1v) is 5.56. The molecule has 0 saturated heterocycles. The molecule has 0 fully saturated rings. The van der Waals surface area contributed by atoms with Gasteiger partial charge in [-0.15, -0.1) is 0 Å². The highest BCUT2D eigenvalue weighted by molar-refractivity contribution is 4.83. The fourth-order valence-corrected chi connectivity index (χ4v) is 1.11. The molecule has 0 radical (unpaired) electrons. The summed E-state index contributed by atoms with van der Waals surface area (Å²) in [5, 5.41) is 12.5. The smallest absolute Gasteiger partial charge is 0.105 e. The third-order valence-electron chi connectivity index (χ3n) is 1.88. The molecule has 0 aromatic carbocycles. The lowest BCUT2D eigenvalue weighted by molar-refractivity contribution is 0.133. The molecule has 0 aromatic heterocycles. The van der Waals surface area contributed by atoms with Crippen LogP contribution >= 0.6 is 0 Å². The van der Waals surface area contributed by atoms with Crippen LogP contribution < -0.4 is 5.32 Å². The Balaban J connectivity index is 3.40. The summed E-state index contributed by atoms with van der Waals surface area (Å²) in [4.78, 5) is 1.97. The van der Waals surface area contributed by atoms with Gasteiger partial charge in [0, 0.05) is 20.6 Å². The van der Waals surface area contributed by atoms with Crippen molar-refractivity contribution in [3.8, 4) is 0 Å². The zero-order chi connectivity index (χ0) is 11.5. The number of hydrogen-bond acceptors (Lipinski definition) is 3. The Morgan fingerprint density at radius 3 is 2.60 bits per heavy atom. The molecule has 0 bridgehead atoms. The molecule has 0 saturated carbocycles. The van der Waals surface area contributed by atoms with Crippen LogP contribution in [0, 0.1) is 0 Å². The lowest BCUT2D eigenvalue weighted by atomic mass is 10.2. The average molecular weight is 212 g/mol. The molecule has 2 N–H and O–H groups in total. The van der Waals surface area contributed by atoms with Gasteiger partial charge in [0.25, 0.3) is 0 Å². The second-order valence-corrected chi connectivity index (χ2v) is 3.73. The Morgan fingerprint density at radius 1 is 1.27 bits per heavy atom. The number of aliphatic hydroxyl groups excluding tert-OH is 1. The van der Waals surface area contributed by atoms with Crippen LogP contribution in [0.25, 0.3) is 0 Å². The van der Waals surface area contributed by atoms with Crippen molar-refractivity contribution in [1.82, 2.24) is 10.2 Å². The third-order valence-corrected chi connectivity index (χ3v) is 1.88. The molecule has 0 amide bonds. The van der Waals surface area contributed by atoms with Gasteiger partial charge in [-0.3, -0.25) is 5.32 Å². The fraction of sp³-hybridized carbons (Fsp3) is 0.667. The fourth-order valence-electron chi connectivity index (χ4n) is 1.11. The van der Waals surface area contributed by atoms with E-state index in [4.69, 9.17) is 0 Å². The van der Waals surface area contributed by atoms with E-state index < -0.39 is 6.23 Å². The van der Waals surface area contributed by atoms with E-state index in [0.29, 0.717) is 6.54 Å². The summed E-state index contributed by atoms with van der Waals surface area (Å²) in [5.74, 6) is 0. The van der Waals surface area contributed by atoms with E-state index >= 15 is 0 Å². The minimum absolute atomic E-state index is 0.404. The molecule has 3 heteroatoms. The molecule has 0 aromatic rings. The molecule has 1 unspecified atom stereocenters. The summed E-state index contributed by atoms with van der Waals surface area (Å²) in [5.41, 5.74) is 0. The molecule has 0 rings (SSSR count). The van der Waals surface area contributed by atoms with Gasteiger partial charge in [0.05, 0.1) is 0 Å². The van der Waals surface area contributed by atoms with E-state index in [0.717, 1.165) is 19.3 Å². The second kappa shape index (κ2) is 9.74. The Hall–Kier alpha value is -0.800. The molecular weight excluding hydrogens is 188 g/mol. The molecule has 88 valence electrons. The predicted octanol–water partition coefficient (Wildman–Crippen LogP) is 1.72. The molecule has 1 atom stereocenters. The van der Waals surface area contributed by atoms with Crippen LogP contribution in [0.15, 0.2) is 24.4 Å². The summed E-state index contributed by atoms with van der Waals surface area (Å²) in [6, 6.07) is 0. The summed E-state index contributed by atoms with van der Waals surface area (Å²) in [6.07, 6.45) is 10.6. The third kappa shape index (κ3) is 11.1. The number of hydrogen-bond donors (Lipinski definition) is 2. The van der Waals surface area contributed by atoms with Gasteiger partial charge < -0.3 is 10.0 Å². The maximum Gasteiger partial charge on any atom is 0.105 e. The van der Waals surface area contributed by atoms with Crippen LogP contribution in [0.3, 0.4) is 0 Å². The molecular formula is C12H24N2O. The maximum atomic E-state index is 9.52. The van der Waals surface area contributed by atoms with Crippen LogP contribution in [0.1, 0.15) is 26.2 Å². The Labute approximate surface area is 93.5 Å². The van der Waals surface area contributed by atoms with E-state index in [9.17, 15) is 5.11 Å². The summed E-state index contributed by atoms with van der Waals surface area (Å²) in [7, 11) is 3.95. The SMILES string of the molecule is CC/C=C/CCC(O)NC/C=C/N(C)C. The largest absolute Gasteiger partial charge is 0.384 e. The normalized spacial score (nSPS) is 13.9. The molecule has 3 nitrogen and oxygen atoms in total. The molecule has 0 heterocycles. The van der Waals surface area contributed by atoms with Gasteiger partial charge in [-0.1, -0.05) is 25.2 Å². The molecule has 0 aliphatic rings. The summed E-state index contributed by atoms with van der Waals surface area (Å²) in [6.45, 7) is 2.81. The van der Waals surface area contributed by atoms with Crippen molar-refractivity contribution in [3.63, 3.8) is 0 Å². The Kier molecular flexibility index (Phi) is 9.22. The highest BCUT2D eigenvalue weighted by atomic mass is 16.3. The van der Waals surface area contributed by atoms with Gasteiger partial charge in [0.1, 0.15) is 6.23 Å². The number of allylic oxidation sites excluding steroid dienone is 2. The highest BCUT2D eigenvalue weighted by Gasteiger charge is 1.98. The first-order valence-electron chi connectivity index (χ1n) is 5.56. The first kappa shape index (κ1) is 14.2. The van der Waals surface area contributed by atoms with Crippen LogP contribution in [0.4, 0.5) is 0 Å². The average Bonchev–Trinajstić information content (AvgIpc) is 2.19. The van der Waals surface area contributed by atoms with Crippen molar-refractivity contribution in [2.45, 2.75) is 32.4 Å². The lowest BCUT2D eigenvalue weighted by Gasteiger charge is -2.10. The zero-order valence-electron chi connectivity index (χ0n) is 10.1. The maximum absolute atomic E-state index is 9.52. The van der Waals surface area contributed by atoms with E-state index in [1.807, 2.05) is 31.3 Å². The zero-order valence-corrected chi connectivity index (χ0v) is 10.1. The van der Waals surface area contributed by atoms with Crippen molar-refractivity contribution in [3.05, 3.63) is 24.4 Å². The summed E-state index contributed by atoms with van der Waals surface area (Å²) >= 11 is 0. The molecule has 0 aliphatic heterocycles. The lowest BCUT2D eigenvalue weighted by Crippen LogP contribution is -2.28. The minimum Gasteiger partial charge on any atom is -0.384 e. The molecule has 0 spiro atoms. The molecule has 0 aliphatic carbocycles. The highest BCUT2D eigenvalue weighted by Crippen LogP contribution is 1.96. The number of rotatable bonds is 8. The van der Waals surface area contributed by atoms with Crippen molar-refractivity contribution in [1.29, 1.82) is 0 Å². The van der Waals surface area contributed by atoms with Gasteiger partial charge in [-0.25, -0.2) is 0 Å². The van der Waals surface area contributed by atoms with Crippen LogP contribution in [-0.2, 0) is 0 Å². The van der Waals surface area contributed by atoms with Gasteiger partial charge in [-0.05, 0) is 25.5 Å². The van der Waals surface area contributed by atoms with Gasteiger partial charge in [-0.2, -0.15) is 0 Å². The molecule has 15 heavy (non-hydrogen) atoms. The quantitative estimate of drug-likeness (QED) is 0.475. The van der Waals surface area contributed by atoms with Crippen LogP contribution in [-0.4, -0.2) is 36.9 Å². The number of nitrogens with zero attached hydrogens (tertiary/aromatic N) is 1. The van der Waals surface area contributed by atoms with E-state index in [1.54, 1.807) is 0 Å². The van der Waals surface area contributed by atoms with Crippen molar-refractivity contribution in [2.75, 3.05) is 20.6 Å². The predicted molar refractivity (Wildman–Crippen MR) is 65.5 cm³/mol. The van der Waals surface area contributed by atoms with Crippen LogP contribution in [0.2, 0.25) is 0 Å². The Morgan fingerprint density at radius 2 is 2.00 bits per heavy atom. The van der Waals surface area contributed by atoms with E-state index in [2.05, 4.69) is 24.4 Å². The minimum atomic E-state index is -0.404. The van der Waals surface area contributed by atoms with Gasteiger partial charge >= 0.3 is 0 Å². The van der Waals surface area contributed by atoms with Gasteiger partial charge in [0.15, 0.2) is 0 Å². The van der Waals surface area contributed by atoms with E-state index in [1.165, 1.54) is 0 Å². The first-order chi connectivity index (χ1) is 7.16. The Bertz CT molecular complexity index is 188.